The first kappa shape index (κ1) is 27.0. The smallest absolute Gasteiger partial charge is 0.337 e. The van der Waals surface area contributed by atoms with E-state index >= 15 is 0 Å². The van der Waals surface area contributed by atoms with E-state index in [1.807, 2.05) is 0 Å². The van der Waals surface area contributed by atoms with Crippen molar-refractivity contribution in [1.29, 1.82) is 0 Å². The van der Waals surface area contributed by atoms with Crippen LogP contribution >= 0.6 is 0 Å². The van der Waals surface area contributed by atoms with Gasteiger partial charge in [0, 0.05) is 11.4 Å². The van der Waals surface area contributed by atoms with Gasteiger partial charge in [-0.1, -0.05) is 24.3 Å². The van der Waals surface area contributed by atoms with Crippen molar-refractivity contribution in [2.45, 2.75) is 25.9 Å². The largest absolute Gasteiger partial charge is 0.466 e. The minimum atomic E-state index is -0.668. The SMILES string of the molecule is COC(=O)C1=C(C)NC(=O)NC1c1ccc(OCOc2ccc(C3NC(=O)NC(C)=C3C(=O)OC)cc2)cc1. The zero-order valence-corrected chi connectivity index (χ0v) is 21.7. The first-order valence-corrected chi connectivity index (χ1v) is 11.9. The first-order valence-electron chi connectivity index (χ1n) is 11.9. The van der Waals surface area contributed by atoms with Crippen molar-refractivity contribution in [1.82, 2.24) is 21.3 Å². The molecule has 12 heteroatoms. The van der Waals surface area contributed by atoms with Crippen LogP contribution in [0.25, 0.3) is 0 Å². The Morgan fingerprint density at radius 2 is 1.03 bits per heavy atom. The Bertz CT molecular complexity index is 1250. The maximum absolute atomic E-state index is 12.3. The van der Waals surface area contributed by atoms with E-state index in [0.29, 0.717) is 45.2 Å². The second kappa shape index (κ2) is 11.6. The Morgan fingerprint density at radius 1 is 0.667 bits per heavy atom. The van der Waals surface area contributed by atoms with E-state index in [4.69, 9.17) is 18.9 Å². The van der Waals surface area contributed by atoms with Gasteiger partial charge in [0.1, 0.15) is 11.5 Å². The molecule has 39 heavy (non-hydrogen) atoms. The number of carbonyl (C=O) groups is 4. The van der Waals surface area contributed by atoms with E-state index in [1.165, 1.54) is 14.2 Å². The highest BCUT2D eigenvalue weighted by atomic mass is 16.7. The topological polar surface area (TPSA) is 153 Å². The quantitative estimate of drug-likeness (QED) is 0.297. The predicted molar refractivity (Wildman–Crippen MR) is 137 cm³/mol. The molecule has 2 aliphatic heterocycles. The number of allylic oxidation sites excluding steroid dienone is 2. The van der Waals surface area contributed by atoms with Gasteiger partial charge in [0.2, 0.25) is 6.79 Å². The van der Waals surface area contributed by atoms with Gasteiger partial charge in [0.05, 0.1) is 37.4 Å². The Balaban J connectivity index is 1.38. The number of urea groups is 2. The van der Waals surface area contributed by atoms with Crippen molar-refractivity contribution in [3.05, 3.63) is 82.2 Å². The third-order valence-electron chi connectivity index (χ3n) is 6.23. The summed E-state index contributed by atoms with van der Waals surface area (Å²) in [5.41, 5.74) is 2.82. The van der Waals surface area contributed by atoms with Crippen molar-refractivity contribution in [2.24, 2.45) is 0 Å². The average Bonchev–Trinajstić information content (AvgIpc) is 2.92. The lowest BCUT2D eigenvalue weighted by molar-refractivity contribution is -0.137. The van der Waals surface area contributed by atoms with Gasteiger partial charge < -0.3 is 40.2 Å². The molecule has 2 aliphatic rings. The van der Waals surface area contributed by atoms with Crippen molar-refractivity contribution < 1.29 is 38.1 Å². The molecule has 2 unspecified atom stereocenters. The number of methoxy groups -OCH3 is 2. The number of hydrogen-bond acceptors (Lipinski definition) is 8. The van der Waals surface area contributed by atoms with Gasteiger partial charge in [0.25, 0.3) is 0 Å². The summed E-state index contributed by atoms with van der Waals surface area (Å²) in [6, 6.07) is 11.6. The van der Waals surface area contributed by atoms with Crippen LogP contribution in [0.15, 0.2) is 71.1 Å². The molecule has 4 amide bonds. The maximum atomic E-state index is 12.3. The Morgan fingerprint density at radius 3 is 1.36 bits per heavy atom. The summed E-state index contributed by atoms with van der Waals surface area (Å²) in [4.78, 5) is 48.4. The number of ether oxygens (including phenoxy) is 4. The van der Waals surface area contributed by atoms with Crippen LogP contribution in [-0.4, -0.2) is 45.0 Å². The van der Waals surface area contributed by atoms with Crippen LogP contribution in [-0.2, 0) is 19.1 Å². The molecular weight excluding hydrogens is 508 g/mol. The summed E-state index contributed by atoms with van der Waals surface area (Å²) in [6.45, 7) is 3.18. The molecular formula is C27H28N4O8. The zero-order valence-electron chi connectivity index (χ0n) is 21.7. The number of benzene rings is 2. The molecule has 0 spiro atoms. The molecule has 4 rings (SSSR count). The summed E-state index contributed by atoms with van der Waals surface area (Å²) in [7, 11) is 2.56. The third kappa shape index (κ3) is 5.95. The lowest BCUT2D eigenvalue weighted by Crippen LogP contribution is -2.45. The Labute approximate surface area is 224 Å². The van der Waals surface area contributed by atoms with E-state index < -0.39 is 36.1 Å². The van der Waals surface area contributed by atoms with Crippen LogP contribution < -0.4 is 30.7 Å². The molecule has 0 bridgehead atoms. The highest BCUT2D eigenvalue weighted by Crippen LogP contribution is 2.30. The molecule has 2 aromatic rings. The highest BCUT2D eigenvalue weighted by molar-refractivity contribution is 5.95. The Kier molecular flexibility index (Phi) is 8.04. The molecule has 2 atom stereocenters. The molecule has 12 nitrogen and oxygen atoms in total. The van der Waals surface area contributed by atoms with Gasteiger partial charge in [-0.3, -0.25) is 0 Å². The second-order valence-electron chi connectivity index (χ2n) is 8.67. The summed E-state index contributed by atoms with van der Waals surface area (Å²) >= 11 is 0. The van der Waals surface area contributed by atoms with Gasteiger partial charge in [-0.25, -0.2) is 19.2 Å². The lowest BCUT2D eigenvalue weighted by atomic mass is 9.95. The fourth-order valence-corrected chi connectivity index (χ4v) is 4.33. The summed E-state index contributed by atoms with van der Waals surface area (Å²) in [5.74, 6) is -0.0617. The van der Waals surface area contributed by atoms with Crippen molar-refractivity contribution in [2.75, 3.05) is 21.0 Å². The number of rotatable bonds is 8. The van der Waals surface area contributed by atoms with Crippen LogP contribution in [0.3, 0.4) is 0 Å². The summed E-state index contributed by atoms with van der Waals surface area (Å²) < 4.78 is 21.1. The summed E-state index contributed by atoms with van der Waals surface area (Å²) in [6.07, 6.45) is 0. The number of carbonyl (C=O) groups excluding carboxylic acids is 4. The van der Waals surface area contributed by atoms with E-state index in [2.05, 4.69) is 21.3 Å². The first-order chi connectivity index (χ1) is 18.7. The van der Waals surface area contributed by atoms with E-state index in [0.717, 1.165) is 0 Å². The third-order valence-corrected chi connectivity index (χ3v) is 6.23. The molecule has 0 aliphatic carbocycles. The molecule has 0 radical (unpaired) electrons. The van der Waals surface area contributed by atoms with Crippen LogP contribution in [0.1, 0.15) is 37.1 Å². The van der Waals surface area contributed by atoms with Crippen LogP contribution in [0.5, 0.6) is 11.5 Å². The number of amides is 4. The van der Waals surface area contributed by atoms with E-state index in [9.17, 15) is 19.2 Å². The van der Waals surface area contributed by atoms with Crippen molar-refractivity contribution in [3.8, 4) is 11.5 Å². The minimum Gasteiger partial charge on any atom is -0.466 e. The summed E-state index contributed by atoms with van der Waals surface area (Å²) in [5, 5.41) is 10.6. The van der Waals surface area contributed by atoms with Gasteiger partial charge in [-0.15, -0.1) is 0 Å². The minimum absolute atomic E-state index is 0.0916. The van der Waals surface area contributed by atoms with E-state index in [-0.39, 0.29) is 6.79 Å². The lowest BCUT2D eigenvalue weighted by Gasteiger charge is -2.28. The molecule has 0 saturated heterocycles. The van der Waals surface area contributed by atoms with Crippen LogP contribution in [0.4, 0.5) is 9.59 Å². The fraction of sp³-hybridized carbons (Fsp3) is 0.259. The molecule has 0 aromatic heterocycles. The van der Waals surface area contributed by atoms with Gasteiger partial charge in [-0.05, 0) is 49.2 Å². The molecule has 0 fully saturated rings. The zero-order chi connectivity index (χ0) is 28.1. The molecule has 0 saturated carbocycles. The average molecular weight is 537 g/mol. The van der Waals surface area contributed by atoms with Crippen LogP contribution in [0.2, 0.25) is 0 Å². The van der Waals surface area contributed by atoms with Gasteiger partial charge in [-0.2, -0.15) is 0 Å². The molecule has 2 heterocycles. The second-order valence-corrected chi connectivity index (χ2v) is 8.67. The van der Waals surface area contributed by atoms with E-state index in [1.54, 1.807) is 62.4 Å². The Hall–Kier alpha value is -5.00. The standard InChI is InChI=1S/C27H28N4O8/c1-14-20(24(32)36-3)22(30-26(34)28-14)16-5-9-18(10-6-16)38-13-39-19-11-7-17(8-12-19)23-21(25(33)37-4)15(2)29-27(35)31-23/h5-12,22-23H,13H2,1-4H3,(H2,28,30,34)(H2,29,31,35). The van der Waals surface area contributed by atoms with Crippen molar-refractivity contribution in [3.63, 3.8) is 0 Å². The number of hydrogen-bond donors (Lipinski definition) is 4. The predicted octanol–water partition coefficient (Wildman–Crippen LogP) is 2.70. The van der Waals surface area contributed by atoms with Crippen molar-refractivity contribution >= 4 is 24.0 Å². The van der Waals surface area contributed by atoms with Crippen LogP contribution in [0, 0.1) is 0 Å². The highest BCUT2D eigenvalue weighted by Gasteiger charge is 2.33. The maximum Gasteiger partial charge on any atom is 0.337 e. The number of nitrogens with one attached hydrogen (secondary N) is 4. The monoisotopic (exact) mass is 536 g/mol. The molecule has 204 valence electrons. The van der Waals surface area contributed by atoms with Gasteiger partial charge in [0.15, 0.2) is 0 Å². The van der Waals surface area contributed by atoms with Gasteiger partial charge >= 0.3 is 24.0 Å². The number of esters is 2. The molecule has 2 aromatic carbocycles. The molecule has 4 N–H and O–H groups in total. The normalized spacial score (nSPS) is 18.8. The fourth-order valence-electron chi connectivity index (χ4n) is 4.33.